The highest BCUT2D eigenvalue weighted by Crippen LogP contribution is 2.28. The third kappa shape index (κ3) is 1.87. The minimum absolute atomic E-state index is 0.0670. The van der Waals surface area contributed by atoms with Crippen molar-refractivity contribution in [3.05, 3.63) is 24.3 Å². The molecule has 1 aliphatic carbocycles. The average Bonchev–Trinajstić information content (AvgIpc) is 1.99. The second-order valence-electron chi connectivity index (χ2n) is 3.55. The van der Waals surface area contributed by atoms with E-state index in [1.807, 2.05) is 0 Å². The van der Waals surface area contributed by atoms with Crippen LogP contribution in [0.1, 0.15) is 19.3 Å². The zero-order valence-corrected chi connectivity index (χ0v) is 7.77. The maximum atomic E-state index is 11.4. The minimum Gasteiger partial charge on any atom is -0.508 e. The van der Waals surface area contributed by atoms with Gasteiger partial charge in [-0.05, 0) is 25.0 Å². The molecule has 0 saturated heterocycles. The number of aromatic hydroxyl groups is 1. The first-order valence-corrected chi connectivity index (χ1v) is 4.76. The summed E-state index contributed by atoms with van der Waals surface area (Å²) < 4.78 is 5.10. The lowest BCUT2D eigenvalue weighted by Crippen LogP contribution is -2.26. The number of esters is 1. The lowest BCUT2D eigenvalue weighted by Gasteiger charge is -2.22. The molecule has 0 unspecified atom stereocenters. The molecule has 14 heavy (non-hydrogen) atoms. The molecule has 0 spiro atoms. The molecule has 0 amide bonds. The average molecular weight is 192 g/mol. The van der Waals surface area contributed by atoms with Gasteiger partial charge in [0.15, 0.2) is 0 Å². The van der Waals surface area contributed by atoms with Gasteiger partial charge < -0.3 is 9.84 Å². The molecule has 1 fully saturated rings. The van der Waals surface area contributed by atoms with Gasteiger partial charge in [0.05, 0.1) is 5.92 Å². The van der Waals surface area contributed by atoms with Crippen molar-refractivity contribution in [1.29, 1.82) is 0 Å². The van der Waals surface area contributed by atoms with Gasteiger partial charge in [-0.3, -0.25) is 4.79 Å². The number of carbonyl (C=O) groups is 1. The number of ether oxygens (including phenoxy) is 1. The number of phenols is 1. The van der Waals surface area contributed by atoms with Crippen LogP contribution >= 0.6 is 0 Å². The summed E-state index contributed by atoms with van der Waals surface area (Å²) in [7, 11) is 0. The molecular weight excluding hydrogens is 180 g/mol. The van der Waals surface area contributed by atoms with Crippen LogP contribution in [0.25, 0.3) is 0 Å². The molecular formula is C11H12O3. The topological polar surface area (TPSA) is 46.5 Å². The third-order valence-corrected chi connectivity index (χ3v) is 2.47. The van der Waals surface area contributed by atoms with Gasteiger partial charge in [-0.25, -0.2) is 0 Å². The van der Waals surface area contributed by atoms with Crippen LogP contribution in [0.3, 0.4) is 0 Å². The van der Waals surface area contributed by atoms with Gasteiger partial charge in [0.1, 0.15) is 11.5 Å². The molecule has 0 aromatic heterocycles. The van der Waals surface area contributed by atoms with E-state index in [4.69, 9.17) is 9.84 Å². The Balaban J connectivity index is 1.99. The highest BCUT2D eigenvalue weighted by atomic mass is 16.5. The maximum Gasteiger partial charge on any atom is 0.314 e. The van der Waals surface area contributed by atoms with Crippen molar-refractivity contribution >= 4 is 5.97 Å². The molecule has 1 N–H and O–H groups in total. The minimum atomic E-state index is -0.179. The first kappa shape index (κ1) is 9.06. The summed E-state index contributed by atoms with van der Waals surface area (Å²) >= 11 is 0. The first-order chi connectivity index (χ1) is 6.75. The Labute approximate surface area is 82.3 Å². The number of carbonyl (C=O) groups excluding carboxylic acids is 1. The summed E-state index contributed by atoms with van der Waals surface area (Å²) in [5.74, 6) is 0.421. The summed E-state index contributed by atoms with van der Waals surface area (Å²) in [6, 6.07) is 6.30. The van der Waals surface area contributed by atoms with Gasteiger partial charge in [-0.15, -0.1) is 0 Å². The SMILES string of the molecule is O=C(Oc1cccc(O)c1)C1CCC1. The van der Waals surface area contributed by atoms with Gasteiger partial charge >= 0.3 is 5.97 Å². The smallest absolute Gasteiger partial charge is 0.314 e. The van der Waals surface area contributed by atoms with Crippen molar-refractivity contribution in [1.82, 2.24) is 0 Å². The van der Waals surface area contributed by atoms with E-state index < -0.39 is 0 Å². The second-order valence-corrected chi connectivity index (χ2v) is 3.55. The van der Waals surface area contributed by atoms with Crippen LogP contribution in [0.2, 0.25) is 0 Å². The van der Waals surface area contributed by atoms with Crippen molar-refractivity contribution in [2.24, 2.45) is 5.92 Å². The summed E-state index contributed by atoms with van der Waals surface area (Å²) in [5.41, 5.74) is 0. The normalized spacial score (nSPS) is 16.0. The van der Waals surface area contributed by atoms with Crippen LogP contribution < -0.4 is 4.74 Å². The van der Waals surface area contributed by atoms with Crippen LogP contribution in [0, 0.1) is 5.92 Å². The maximum absolute atomic E-state index is 11.4. The predicted molar refractivity (Wildman–Crippen MR) is 51.1 cm³/mol. The van der Waals surface area contributed by atoms with Crippen LogP contribution in [-0.4, -0.2) is 11.1 Å². The number of hydrogen-bond donors (Lipinski definition) is 1. The standard InChI is InChI=1S/C11H12O3/c12-9-5-2-6-10(7-9)14-11(13)8-3-1-4-8/h2,5-8,12H,1,3-4H2. The Bertz CT molecular complexity index is 342. The van der Waals surface area contributed by atoms with Gasteiger partial charge in [-0.2, -0.15) is 0 Å². The van der Waals surface area contributed by atoms with Crippen molar-refractivity contribution < 1.29 is 14.6 Å². The zero-order chi connectivity index (χ0) is 9.97. The summed E-state index contributed by atoms with van der Waals surface area (Å²) in [6.45, 7) is 0. The zero-order valence-electron chi connectivity index (χ0n) is 7.77. The first-order valence-electron chi connectivity index (χ1n) is 4.76. The number of hydrogen-bond acceptors (Lipinski definition) is 3. The Kier molecular flexibility index (Phi) is 2.39. The summed E-state index contributed by atoms with van der Waals surface area (Å²) in [5, 5.41) is 9.14. The molecule has 1 aromatic carbocycles. The Morgan fingerprint density at radius 3 is 2.79 bits per heavy atom. The molecule has 74 valence electrons. The second kappa shape index (κ2) is 3.70. The van der Waals surface area contributed by atoms with Crippen molar-refractivity contribution in [3.63, 3.8) is 0 Å². The molecule has 3 nitrogen and oxygen atoms in total. The van der Waals surface area contributed by atoms with E-state index in [1.54, 1.807) is 18.2 Å². The van der Waals surface area contributed by atoms with Gasteiger partial charge in [0, 0.05) is 6.07 Å². The lowest BCUT2D eigenvalue weighted by molar-refractivity contribution is -0.141. The molecule has 3 heteroatoms. The van der Waals surface area contributed by atoms with Crippen molar-refractivity contribution in [2.45, 2.75) is 19.3 Å². The molecule has 1 aliphatic rings. The number of phenolic OH excluding ortho intramolecular Hbond substituents is 1. The molecule has 0 bridgehead atoms. The van der Waals surface area contributed by atoms with E-state index >= 15 is 0 Å². The fourth-order valence-electron chi connectivity index (χ4n) is 1.39. The van der Waals surface area contributed by atoms with E-state index in [1.165, 1.54) is 6.07 Å². The van der Waals surface area contributed by atoms with Crippen molar-refractivity contribution in [3.8, 4) is 11.5 Å². The van der Waals surface area contributed by atoms with E-state index in [0.717, 1.165) is 19.3 Å². The van der Waals surface area contributed by atoms with Gasteiger partial charge in [0.25, 0.3) is 0 Å². The third-order valence-electron chi connectivity index (χ3n) is 2.47. The molecule has 1 aromatic rings. The van der Waals surface area contributed by atoms with E-state index in [9.17, 15) is 4.79 Å². The molecule has 2 rings (SSSR count). The molecule has 1 saturated carbocycles. The lowest BCUT2D eigenvalue weighted by atomic mass is 9.86. The predicted octanol–water partition coefficient (Wildman–Crippen LogP) is 2.10. The van der Waals surface area contributed by atoms with Crippen LogP contribution in [-0.2, 0) is 4.79 Å². The van der Waals surface area contributed by atoms with Gasteiger partial charge in [0.2, 0.25) is 0 Å². The van der Waals surface area contributed by atoms with E-state index in [2.05, 4.69) is 0 Å². The van der Waals surface area contributed by atoms with E-state index in [0.29, 0.717) is 5.75 Å². The van der Waals surface area contributed by atoms with Crippen LogP contribution in [0.5, 0.6) is 11.5 Å². The molecule has 0 radical (unpaired) electrons. The van der Waals surface area contributed by atoms with Gasteiger partial charge in [-0.1, -0.05) is 12.5 Å². The quantitative estimate of drug-likeness (QED) is 0.576. The Morgan fingerprint density at radius 1 is 1.43 bits per heavy atom. The fraction of sp³-hybridized carbons (Fsp3) is 0.364. The molecule has 0 aliphatic heterocycles. The fourth-order valence-corrected chi connectivity index (χ4v) is 1.39. The highest BCUT2D eigenvalue weighted by molar-refractivity contribution is 5.75. The highest BCUT2D eigenvalue weighted by Gasteiger charge is 2.26. The number of benzene rings is 1. The number of rotatable bonds is 2. The van der Waals surface area contributed by atoms with Crippen LogP contribution in [0.4, 0.5) is 0 Å². The summed E-state index contributed by atoms with van der Waals surface area (Å²) in [6.07, 6.45) is 2.97. The molecule has 0 heterocycles. The summed E-state index contributed by atoms with van der Waals surface area (Å²) in [4.78, 5) is 11.4. The largest absolute Gasteiger partial charge is 0.508 e. The van der Waals surface area contributed by atoms with Crippen molar-refractivity contribution in [2.75, 3.05) is 0 Å². The van der Waals surface area contributed by atoms with Crippen LogP contribution in [0.15, 0.2) is 24.3 Å². The van der Waals surface area contributed by atoms with E-state index in [-0.39, 0.29) is 17.6 Å². The molecule has 0 atom stereocenters. The Morgan fingerprint density at radius 2 is 2.21 bits per heavy atom. The Hall–Kier alpha value is -1.51. The monoisotopic (exact) mass is 192 g/mol.